The predicted molar refractivity (Wildman–Crippen MR) is 139 cm³/mol. The molecule has 7 N–H and O–H groups in total. The Balaban J connectivity index is 1.70. The van der Waals surface area contributed by atoms with Gasteiger partial charge in [-0.3, -0.25) is 9.88 Å². The highest BCUT2D eigenvalue weighted by atomic mass is 19.1. The molecule has 0 radical (unpaired) electrons. The van der Waals surface area contributed by atoms with Crippen LogP contribution >= 0.6 is 0 Å². The van der Waals surface area contributed by atoms with Crippen LogP contribution in [0.4, 0.5) is 10.2 Å². The van der Waals surface area contributed by atoms with E-state index < -0.39 is 6.17 Å². The Hall–Kier alpha value is -3.50. The van der Waals surface area contributed by atoms with Gasteiger partial charge in [0.25, 0.3) is 0 Å². The second-order valence-corrected chi connectivity index (χ2v) is 8.83. The zero-order valence-corrected chi connectivity index (χ0v) is 20.5. The summed E-state index contributed by atoms with van der Waals surface area (Å²) in [6.07, 6.45) is 7.24. The number of hydrogen-bond donors (Lipinski definition) is 5. The van der Waals surface area contributed by atoms with Crippen LogP contribution in [0.1, 0.15) is 19.4 Å². The van der Waals surface area contributed by atoms with E-state index in [1.165, 1.54) is 6.21 Å². The van der Waals surface area contributed by atoms with Gasteiger partial charge in [0.1, 0.15) is 17.8 Å². The van der Waals surface area contributed by atoms with Crippen LogP contribution in [0.3, 0.4) is 0 Å². The minimum Gasteiger partial charge on any atom is -0.404 e. The number of nitrogens with two attached hydrogens (primary N) is 2. The van der Waals surface area contributed by atoms with Crippen LogP contribution in [0.2, 0.25) is 0 Å². The van der Waals surface area contributed by atoms with Crippen LogP contribution in [0.25, 0.3) is 16.6 Å². The number of methoxy groups -OCH3 is 1. The minimum atomic E-state index is -0.734. The number of fused-ring (bicyclic) bond motifs is 1. The summed E-state index contributed by atoms with van der Waals surface area (Å²) in [7, 11) is 1.64. The number of alkyl halides is 1. The standard InChI is InChI=1S/C25H35FN8O/c1-16(2)17(8-27)7-24(29)33-25-5-4-22-23(32-25)6-18(11-31-22)19(9-28)10-30-12-21(35-3)15-34-13-20(26)14-34/h4-11,16,20-21,28,30H,12-15,27,29H2,1-3H3,(H,32,33)/b17-8+,19-10+,24-7+,28-9?. The topological polar surface area (TPSA) is 138 Å². The Bertz CT molecular complexity index is 1110. The number of rotatable bonds is 12. The number of allylic oxidation sites excluding steroid dienone is 3. The van der Waals surface area contributed by atoms with E-state index in [0.29, 0.717) is 48.9 Å². The lowest BCUT2D eigenvalue weighted by Gasteiger charge is -2.36. The van der Waals surface area contributed by atoms with Gasteiger partial charge >= 0.3 is 0 Å². The van der Waals surface area contributed by atoms with Gasteiger partial charge in [0.05, 0.1) is 17.1 Å². The third-order valence-electron chi connectivity index (χ3n) is 5.79. The van der Waals surface area contributed by atoms with E-state index in [0.717, 1.165) is 16.7 Å². The van der Waals surface area contributed by atoms with Crippen LogP contribution < -0.4 is 22.1 Å². The first-order chi connectivity index (χ1) is 16.8. The Morgan fingerprint density at radius 2 is 2.11 bits per heavy atom. The number of aromatic nitrogens is 2. The lowest BCUT2D eigenvalue weighted by Crippen LogP contribution is -2.52. The first kappa shape index (κ1) is 26.1. The fourth-order valence-electron chi connectivity index (χ4n) is 3.68. The Morgan fingerprint density at radius 3 is 2.74 bits per heavy atom. The number of pyridine rings is 2. The van der Waals surface area contributed by atoms with E-state index >= 15 is 0 Å². The lowest BCUT2D eigenvalue weighted by atomic mass is 10.0. The van der Waals surface area contributed by atoms with E-state index in [-0.39, 0.29) is 12.0 Å². The average molecular weight is 483 g/mol. The maximum Gasteiger partial charge on any atom is 0.132 e. The van der Waals surface area contributed by atoms with Gasteiger partial charge in [-0.1, -0.05) is 13.8 Å². The molecule has 1 aliphatic heterocycles. The van der Waals surface area contributed by atoms with Gasteiger partial charge in [-0.2, -0.15) is 0 Å². The van der Waals surface area contributed by atoms with Gasteiger partial charge in [-0.25, -0.2) is 9.37 Å². The summed E-state index contributed by atoms with van der Waals surface area (Å²) in [5.74, 6) is 1.26. The van der Waals surface area contributed by atoms with Crippen molar-refractivity contribution < 1.29 is 9.13 Å². The van der Waals surface area contributed by atoms with Gasteiger partial charge in [0, 0.05) is 63.0 Å². The Kier molecular flexibility index (Phi) is 9.16. The van der Waals surface area contributed by atoms with Crippen molar-refractivity contribution in [2.75, 3.05) is 38.6 Å². The zero-order chi connectivity index (χ0) is 25.4. The molecule has 1 unspecified atom stereocenters. The summed E-state index contributed by atoms with van der Waals surface area (Å²) in [5, 5.41) is 14.1. The summed E-state index contributed by atoms with van der Waals surface area (Å²) in [5.41, 5.74) is 15.5. The highest BCUT2D eigenvalue weighted by Gasteiger charge is 2.27. The highest BCUT2D eigenvalue weighted by Crippen LogP contribution is 2.20. The van der Waals surface area contributed by atoms with E-state index in [1.54, 1.807) is 37.8 Å². The van der Waals surface area contributed by atoms with Crippen LogP contribution in [0.15, 0.2) is 54.3 Å². The van der Waals surface area contributed by atoms with E-state index in [4.69, 9.17) is 21.6 Å². The summed E-state index contributed by atoms with van der Waals surface area (Å²) in [4.78, 5) is 11.1. The lowest BCUT2D eigenvalue weighted by molar-refractivity contribution is 0.00610. The SMILES string of the molecule is COC(CN/C=C(\C=N)c1cnc2ccc(N/C(N)=C/C(=C\N)C(C)C)nc2c1)CN1CC(F)C1. The summed E-state index contributed by atoms with van der Waals surface area (Å²) in [6.45, 7) is 6.18. The van der Waals surface area contributed by atoms with Gasteiger partial charge < -0.3 is 32.2 Å². The minimum absolute atomic E-state index is 0.0837. The molecule has 0 saturated carbocycles. The number of hydrogen-bond acceptors (Lipinski definition) is 9. The molecule has 2 aromatic rings. The average Bonchev–Trinajstić information content (AvgIpc) is 2.82. The Morgan fingerprint density at radius 1 is 1.34 bits per heavy atom. The molecule has 2 aromatic heterocycles. The molecule has 1 atom stereocenters. The molecule has 188 valence electrons. The van der Waals surface area contributed by atoms with Crippen molar-refractivity contribution in [3.05, 3.63) is 59.8 Å². The normalized spacial score (nSPS) is 16.9. The van der Waals surface area contributed by atoms with E-state index in [2.05, 4.69) is 20.6 Å². The molecule has 1 saturated heterocycles. The molecular weight excluding hydrogens is 447 g/mol. The van der Waals surface area contributed by atoms with Crippen LogP contribution in [0, 0.1) is 11.3 Å². The van der Waals surface area contributed by atoms with Crippen LogP contribution in [-0.2, 0) is 4.74 Å². The third kappa shape index (κ3) is 7.24. The quantitative estimate of drug-likeness (QED) is 0.230. The van der Waals surface area contributed by atoms with Crippen molar-refractivity contribution in [1.29, 1.82) is 5.41 Å². The van der Waals surface area contributed by atoms with Gasteiger partial charge in [-0.15, -0.1) is 0 Å². The van der Waals surface area contributed by atoms with Crippen molar-refractivity contribution >= 4 is 28.6 Å². The largest absolute Gasteiger partial charge is 0.404 e. The summed E-state index contributed by atoms with van der Waals surface area (Å²) < 4.78 is 18.5. The molecule has 0 aliphatic carbocycles. The maximum absolute atomic E-state index is 13.0. The molecule has 9 nitrogen and oxygen atoms in total. The van der Waals surface area contributed by atoms with Crippen molar-refractivity contribution in [3.63, 3.8) is 0 Å². The maximum atomic E-state index is 13.0. The van der Waals surface area contributed by atoms with Crippen molar-refractivity contribution in [3.8, 4) is 0 Å². The molecule has 3 heterocycles. The molecule has 0 bridgehead atoms. The number of anilines is 1. The molecule has 35 heavy (non-hydrogen) atoms. The van der Waals surface area contributed by atoms with E-state index in [9.17, 15) is 4.39 Å². The smallest absolute Gasteiger partial charge is 0.132 e. The molecule has 1 fully saturated rings. The number of halogens is 1. The third-order valence-corrected chi connectivity index (χ3v) is 5.79. The van der Waals surface area contributed by atoms with Crippen molar-refractivity contribution in [1.82, 2.24) is 20.2 Å². The van der Waals surface area contributed by atoms with Gasteiger partial charge in [-0.05, 0) is 42.0 Å². The monoisotopic (exact) mass is 482 g/mol. The van der Waals surface area contributed by atoms with Crippen LogP contribution in [-0.4, -0.2) is 66.6 Å². The van der Waals surface area contributed by atoms with Gasteiger partial charge in [0.2, 0.25) is 0 Å². The van der Waals surface area contributed by atoms with Crippen molar-refractivity contribution in [2.45, 2.75) is 26.1 Å². The number of nitrogens with zero attached hydrogens (tertiary/aromatic N) is 3. The Labute approximate surface area is 205 Å². The molecule has 10 heteroatoms. The molecular formula is C25H35FN8O. The highest BCUT2D eigenvalue weighted by molar-refractivity contribution is 6.08. The number of nitrogens with one attached hydrogen (secondary N) is 3. The fourth-order valence-corrected chi connectivity index (χ4v) is 3.68. The van der Waals surface area contributed by atoms with Crippen molar-refractivity contribution in [2.24, 2.45) is 17.4 Å². The summed E-state index contributed by atoms with van der Waals surface area (Å²) >= 11 is 0. The zero-order valence-electron chi connectivity index (χ0n) is 20.5. The van der Waals surface area contributed by atoms with Gasteiger partial charge in [0.15, 0.2) is 0 Å². The molecule has 0 amide bonds. The van der Waals surface area contributed by atoms with Crippen LogP contribution in [0.5, 0.6) is 0 Å². The number of ether oxygens (including phenoxy) is 1. The molecule has 3 rings (SSSR count). The first-order valence-corrected chi connectivity index (χ1v) is 11.6. The second kappa shape index (κ2) is 12.3. The predicted octanol–water partition coefficient (Wildman–Crippen LogP) is 2.59. The number of likely N-dealkylation sites (tertiary alicyclic amines) is 1. The first-order valence-electron chi connectivity index (χ1n) is 11.6. The second-order valence-electron chi connectivity index (χ2n) is 8.83. The molecule has 0 aromatic carbocycles. The molecule has 0 spiro atoms. The summed E-state index contributed by atoms with van der Waals surface area (Å²) in [6, 6.07) is 5.54. The molecule has 1 aliphatic rings. The fraction of sp³-hybridized carbons (Fsp3) is 0.400. The van der Waals surface area contributed by atoms with E-state index in [1.807, 2.05) is 30.9 Å².